The van der Waals surface area contributed by atoms with E-state index in [1.165, 1.54) is 13.2 Å². The Morgan fingerprint density at radius 3 is 2.50 bits per heavy atom. The first kappa shape index (κ1) is 27.0. The van der Waals surface area contributed by atoms with Crippen molar-refractivity contribution in [2.24, 2.45) is 0 Å². The van der Waals surface area contributed by atoms with E-state index in [-0.39, 0.29) is 18.1 Å². The Morgan fingerprint density at radius 1 is 1.08 bits per heavy atom. The van der Waals surface area contributed by atoms with E-state index >= 15 is 0 Å². The lowest BCUT2D eigenvalue weighted by Gasteiger charge is -2.14. The monoisotopic (exact) mass is 615 g/mol. The van der Waals surface area contributed by atoms with Crippen LogP contribution < -0.4 is 20.1 Å². The standard InChI is InChI=1S/C27H23ClIN3O4/c1-16-5-4-6-20(9-16)32-27(34)19(14-30)10-18-11-23(29)26(24(12-18)35-3)36-15-25(33)31-21-8-7-17(2)22(28)13-21/h4-13H,15H2,1-3H3,(H,31,33)(H,32,34)/b19-10+. The van der Waals surface area contributed by atoms with E-state index in [2.05, 4.69) is 10.6 Å². The second kappa shape index (κ2) is 12.4. The lowest BCUT2D eigenvalue weighted by Crippen LogP contribution is -2.20. The molecule has 36 heavy (non-hydrogen) atoms. The maximum Gasteiger partial charge on any atom is 0.266 e. The number of carbonyl (C=O) groups is 2. The maximum atomic E-state index is 12.6. The third-order valence-electron chi connectivity index (χ3n) is 5.01. The molecule has 0 spiro atoms. The van der Waals surface area contributed by atoms with Gasteiger partial charge in [0, 0.05) is 16.4 Å². The molecule has 3 aromatic rings. The second-order valence-corrected chi connectivity index (χ2v) is 9.40. The van der Waals surface area contributed by atoms with Gasteiger partial charge in [-0.2, -0.15) is 5.26 Å². The Labute approximate surface area is 228 Å². The maximum absolute atomic E-state index is 12.6. The molecule has 2 amide bonds. The average Bonchev–Trinajstić information content (AvgIpc) is 2.83. The molecule has 0 aliphatic carbocycles. The van der Waals surface area contributed by atoms with Crippen LogP contribution in [0.3, 0.4) is 0 Å². The highest BCUT2D eigenvalue weighted by Gasteiger charge is 2.15. The third-order valence-corrected chi connectivity index (χ3v) is 6.22. The van der Waals surface area contributed by atoms with Crippen LogP contribution in [0.25, 0.3) is 6.08 Å². The molecule has 9 heteroatoms. The van der Waals surface area contributed by atoms with Crippen LogP contribution in [0.4, 0.5) is 11.4 Å². The Hall–Kier alpha value is -3.55. The first-order chi connectivity index (χ1) is 17.2. The van der Waals surface area contributed by atoms with Crippen molar-refractivity contribution in [1.29, 1.82) is 5.26 Å². The Balaban J connectivity index is 1.73. The Bertz CT molecular complexity index is 1380. The molecule has 0 saturated heterocycles. The fourth-order valence-corrected chi connectivity index (χ4v) is 4.17. The van der Waals surface area contributed by atoms with Gasteiger partial charge in [0.2, 0.25) is 0 Å². The minimum atomic E-state index is -0.523. The van der Waals surface area contributed by atoms with Crippen molar-refractivity contribution in [2.45, 2.75) is 13.8 Å². The number of ether oxygens (including phenoxy) is 2. The number of benzene rings is 3. The number of aryl methyl sites for hydroxylation is 2. The van der Waals surface area contributed by atoms with Gasteiger partial charge in [-0.05, 0) is 95.6 Å². The smallest absolute Gasteiger partial charge is 0.266 e. The number of methoxy groups -OCH3 is 1. The average molecular weight is 616 g/mol. The van der Waals surface area contributed by atoms with E-state index in [9.17, 15) is 14.9 Å². The SMILES string of the molecule is COc1cc(/C=C(\C#N)C(=O)Nc2cccc(C)c2)cc(I)c1OCC(=O)Nc1ccc(C)c(Cl)c1. The summed E-state index contributed by atoms with van der Waals surface area (Å²) in [6.07, 6.45) is 1.47. The molecule has 0 unspecified atom stereocenters. The van der Waals surface area contributed by atoms with Crippen LogP contribution in [0.15, 0.2) is 60.2 Å². The normalized spacial score (nSPS) is 10.8. The van der Waals surface area contributed by atoms with Gasteiger partial charge in [0.05, 0.1) is 10.7 Å². The zero-order chi connectivity index (χ0) is 26.2. The number of hydrogen-bond acceptors (Lipinski definition) is 5. The third kappa shape index (κ3) is 7.23. The van der Waals surface area contributed by atoms with Gasteiger partial charge >= 0.3 is 0 Å². The highest BCUT2D eigenvalue weighted by atomic mass is 127. The van der Waals surface area contributed by atoms with Crippen LogP contribution in [0.5, 0.6) is 11.5 Å². The molecule has 0 bridgehead atoms. The summed E-state index contributed by atoms with van der Waals surface area (Å²) in [5, 5.41) is 15.6. The first-order valence-corrected chi connectivity index (χ1v) is 12.2. The molecule has 3 rings (SSSR count). The quantitative estimate of drug-likeness (QED) is 0.180. The molecule has 0 atom stereocenters. The number of nitrogens with zero attached hydrogens (tertiary/aromatic N) is 1. The summed E-state index contributed by atoms with van der Waals surface area (Å²) in [7, 11) is 1.47. The van der Waals surface area contributed by atoms with Crippen molar-refractivity contribution < 1.29 is 19.1 Å². The van der Waals surface area contributed by atoms with Crippen LogP contribution in [0, 0.1) is 28.7 Å². The van der Waals surface area contributed by atoms with Gasteiger partial charge in [-0.25, -0.2) is 0 Å². The van der Waals surface area contributed by atoms with Crippen molar-refractivity contribution in [3.8, 4) is 17.6 Å². The van der Waals surface area contributed by atoms with Crippen LogP contribution >= 0.6 is 34.2 Å². The van der Waals surface area contributed by atoms with Gasteiger partial charge in [-0.1, -0.05) is 29.8 Å². The topological polar surface area (TPSA) is 100 Å². The molecule has 0 radical (unpaired) electrons. The second-order valence-electron chi connectivity index (χ2n) is 7.83. The summed E-state index contributed by atoms with van der Waals surface area (Å²) >= 11 is 8.15. The fourth-order valence-electron chi connectivity index (χ4n) is 3.21. The lowest BCUT2D eigenvalue weighted by molar-refractivity contribution is -0.118. The van der Waals surface area contributed by atoms with E-state index in [1.807, 2.05) is 66.8 Å². The first-order valence-electron chi connectivity index (χ1n) is 10.8. The van der Waals surface area contributed by atoms with E-state index in [0.717, 1.165) is 11.1 Å². The van der Waals surface area contributed by atoms with Gasteiger partial charge in [-0.15, -0.1) is 0 Å². The molecular weight excluding hydrogens is 593 g/mol. The summed E-state index contributed by atoms with van der Waals surface area (Å²) in [5.41, 5.74) is 3.56. The summed E-state index contributed by atoms with van der Waals surface area (Å²) in [6, 6.07) is 17.8. The molecule has 0 aliphatic rings. The predicted octanol–water partition coefficient (Wildman–Crippen LogP) is 6.13. The molecule has 184 valence electrons. The zero-order valence-corrected chi connectivity index (χ0v) is 22.7. The lowest BCUT2D eigenvalue weighted by atomic mass is 10.1. The highest BCUT2D eigenvalue weighted by Crippen LogP contribution is 2.34. The summed E-state index contributed by atoms with van der Waals surface area (Å²) in [5.74, 6) is -0.160. The predicted molar refractivity (Wildman–Crippen MR) is 149 cm³/mol. The minimum absolute atomic E-state index is 0.0702. The zero-order valence-electron chi connectivity index (χ0n) is 19.8. The number of anilines is 2. The number of amides is 2. The van der Waals surface area contributed by atoms with Crippen molar-refractivity contribution in [3.05, 3.63) is 85.5 Å². The molecule has 7 nitrogen and oxygen atoms in total. The molecule has 0 aliphatic heterocycles. The highest BCUT2D eigenvalue weighted by molar-refractivity contribution is 14.1. The number of nitriles is 1. The molecule has 0 saturated carbocycles. The summed E-state index contributed by atoms with van der Waals surface area (Å²) in [4.78, 5) is 25.0. The van der Waals surface area contributed by atoms with E-state index in [1.54, 1.807) is 30.3 Å². The molecular formula is C27H23ClIN3O4. The molecule has 3 aromatic carbocycles. The minimum Gasteiger partial charge on any atom is -0.493 e. The van der Waals surface area contributed by atoms with Gasteiger partial charge in [0.15, 0.2) is 18.1 Å². The van der Waals surface area contributed by atoms with Crippen molar-refractivity contribution >= 4 is 63.5 Å². The molecule has 0 fully saturated rings. The van der Waals surface area contributed by atoms with Crippen molar-refractivity contribution in [2.75, 3.05) is 24.4 Å². The van der Waals surface area contributed by atoms with Gasteiger partial charge in [0.1, 0.15) is 11.6 Å². The van der Waals surface area contributed by atoms with Gasteiger partial charge in [0.25, 0.3) is 11.8 Å². The Morgan fingerprint density at radius 2 is 1.83 bits per heavy atom. The number of carbonyl (C=O) groups excluding carboxylic acids is 2. The molecule has 2 N–H and O–H groups in total. The van der Waals surface area contributed by atoms with Crippen LogP contribution in [-0.2, 0) is 9.59 Å². The van der Waals surface area contributed by atoms with E-state index in [4.69, 9.17) is 21.1 Å². The van der Waals surface area contributed by atoms with E-state index in [0.29, 0.717) is 37.0 Å². The summed E-state index contributed by atoms with van der Waals surface area (Å²) < 4.78 is 11.8. The largest absolute Gasteiger partial charge is 0.493 e. The number of rotatable bonds is 8. The molecule has 0 aromatic heterocycles. The van der Waals surface area contributed by atoms with Crippen LogP contribution in [0.2, 0.25) is 5.02 Å². The van der Waals surface area contributed by atoms with Gasteiger partial charge in [-0.3, -0.25) is 9.59 Å². The number of halogens is 2. The van der Waals surface area contributed by atoms with Crippen LogP contribution in [0.1, 0.15) is 16.7 Å². The molecule has 0 heterocycles. The van der Waals surface area contributed by atoms with Crippen molar-refractivity contribution in [3.63, 3.8) is 0 Å². The van der Waals surface area contributed by atoms with Crippen LogP contribution in [-0.4, -0.2) is 25.5 Å². The van der Waals surface area contributed by atoms with Crippen molar-refractivity contribution in [1.82, 2.24) is 0 Å². The number of hydrogen-bond donors (Lipinski definition) is 2. The number of nitrogens with one attached hydrogen (secondary N) is 2. The van der Waals surface area contributed by atoms with Gasteiger partial charge < -0.3 is 20.1 Å². The van der Waals surface area contributed by atoms with E-state index < -0.39 is 5.91 Å². The Kier molecular flexibility index (Phi) is 9.33. The summed E-state index contributed by atoms with van der Waals surface area (Å²) in [6.45, 7) is 3.53. The fraction of sp³-hybridized carbons (Fsp3) is 0.148.